The quantitative estimate of drug-likeness (QED) is 0.670. The molecule has 0 bridgehead atoms. The lowest BCUT2D eigenvalue weighted by molar-refractivity contribution is -0.148. The van der Waals surface area contributed by atoms with E-state index in [1.165, 1.54) is 12.1 Å². The molecule has 1 fully saturated rings. The van der Waals surface area contributed by atoms with E-state index in [0.717, 1.165) is 12.5 Å². The number of benzene rings is 1. The van der Waals surface area contributed by atoms with Crippen molar-refractivity contribution >= 4 is 11.9 Å². The third-order valence-corrected chi connectivity index (χ3v) is 3.98. The van der Waals surface area contributed by atoms with Gasteiger partial charge in [0.2, 0.25) is 0 Å². The number of hydrogen-bond acceptors (Lipinski definition) is 4. The van der Waals surface area contributed by atoms with Gasteiger partial charge in [0.1, 0.15) is 11.5 Å². The van der Waals surface area contributed by atoms with E-state index >= 15 is 0 Å². The van der Waals surface area contributed by atoms with E-state index in [0.29, 0.717) is 12.8 Å². The maximum absolute atomic E-state index is 12.1. The number of hydrogen-bond donors (Lipinski definition) is 4. The summed E-state index contributed by atoms with van der Waals surface area (Å²) in [6.45, 7) is 1.62. The van der Waals surface area contributed by atoms with Crippen molar-refractivity contribution in [1.29, 1.82) is 0 Å². The monoisotopic (exact) mass is 279 g/mol. The van der Waals surface area contributed by atoms with E-state index in [1.54, 1.807) is 6.92 Å². The maximum Gasteiger partial charge on any atom is 0.311 e. The van der Waals surface area contributed by atoms with E-state index < -0.39 is 23.3 Å². The van der Waals surface area contributed by atoms with E-state index in [1.807, 2.05) is 0 Å². The van der Waals surface area contributed by atoms with Crippen LogP contribution in [0.3, 0.4) is 0 Å². The smallest absolute Gasteiger partial charge is 0.311 e. The topological polar surface area (TPSA) is 107 Å². The molecule has 0 heterocycles. The van der Waals surface area contributed by atoms with Gasteiger partial charge < -0.3 is 20.6 Å². The number of aliphatic carboxylic acids is 1. The zero-order valence-corrected chi connectivity index (χ0v) is 11.1. The molecular weight excluding hydrogens is 262 g/mol. The fourth-order valence-electron chi connectivity index (χ4n) is 2.60. The van der Waals surface area contributed by atoms with Crippen molar-refractivity contribution in [3.8, 4) is 11.5 Å². The Morgan fingerprint density at radius 2 is 2.05 bits per heavy atom. The summed E-state index contributed by atoms with van der Waals surface area (Å²) in [4.78, 5) is 23.4. The first-order valence-corrected chi connectivity index (χ1v) is 6.41. The number of carbonyl (C=O) groups excluding carboxylic acids is 1. The lowest BCUT2D eigenvalue weighted by Crippen LogP contribution is -2.47. The van der Waals surface area contributed by atoms with Gasteiger partial charge in [-0.05, 0) is 31.9 Å². The third-order valence-electron chi connectivity index (χ3n) is 3.98. The van der Waals surface area contributed by atoms with E-state index in [2.05, 4.69) is 5.32 Å². The second-order valence-electron chi connectivity index (χ2n) is 5.34. The highest BCUT2D eigenvalue weighted by atomic mass is 16.4. The molecule has 2 rings (SSSR count). The van der Waals surface area contributed by atoms with Crippen molar-refractivity contribution in [2.45, 2.75) is 32.2 Å². The summed E-state index contributed by atoms with van der Waals surface area (Å²) >= 11 is 0. The van der Waals surface area contributed by atoms with Crippen molar-refractivity contribution in [3.05, 3.63) is 23.8 Å². The van der Waals surface area contributed by atoms with Crippen molar-refractivity contribution < 1.29 is 24.9 Å². The van der Waals surface area contributed by atoms with Crippen LogP contribution in [0, 0.1) is 5.41 Å². The molecule has 1 aromatic carbocycles. The van der Waals surface area contributed by atoms with Crippen molar-refractivity contribution in [3.63, 3.8) is 0 Å². The van der Waals surface area contributed by atoms with Crippen LogP contribution in [0.15, 0.2) is 18.2 Å². The van der Waals surface area contributed by atoms with Gasteiger partial charge in [0, 0.05) is 12.1 Å². The molecule has 0 aliphatic heterocycles. The van der Waals surface area contributed by atoms with Crippen LogP contribution in [0.25, 0.3) is 0 Å². The van der Waals surface area contributed by atoms with Gasteiger partial charge in [-0.1, -0.05) is 6.42 Å². The maximum atomic E-state index is 12.1. The minimum atomic E-state index is -0.984. The Labute approximate surface area is 116 Å². The number of aromatic hydroxyl groups is 2. The number of amides is 1. The molecule has 0 aromatic heterocycles. The van der Waals surface area contributed by atoms with Gasteiger partial charge in [-0.25, -0.2) is 0 Å². The summed E-state index contributed by atoms with van der Waals surface area (Å²) in [6.07, 6.45) is 1.83. The normalized spacial score (nSPS) is 25.4. The lowest BCUT2D eigenvalue weighted by atomic mass is 9.85. The Balaban J connectivity index is 2.17. The number of phenolic OH excluding ortho intramolecular Hbond substituents is 2. The van der Waals surface area contributed by atoms with Crippen LogP contribution >= 0.6 is 0 Å². The standard InChI is InChI=1S/C14H17NO5/c1-14(13(19)20)6-2-3-11(14)15-12(18)9-5-4-8(16)7-10(9)17/h4-5,7,11,16-17H,2-3,6H2,1H3,(H,15,18)(H,19,20). The zero-order valence-electron chi connectivity index (χ0n) is 11.1. The van der Waals surface area contributed by atoms with Gasteiger partial charge in [-0.3, -0.25) is 9.59 Å². The van der Waals surface area contributed by atoms with Crippen molar-refractivity contribution in [2.75, 3.05) is 0 Å². The van der Waals surface area contributed by atoms with Crippen LogP contribution in [0.2, 0.25) is 0 Å². The minimum absolute atomic E-state index is 0.0161. The summed E-state index contributed by atoms with van der Waals surface area (Å²) in [5, 5.41) is 30.8. The van der Waals surface area contributed by atoms with Crippen molar-refractivity contribution in [2.24, 2.45) is 5.41 Å². The predicted octanol–water partition coefficient (Wildman–Crippen LogP) is 1.47. The molecule has 0 spiro atoms. The molecule has 1 aromatic rings. The highest BCUT2D eigenvalue weighted by molar-refractivity contribution is 5.97. The molecule has 20 heavy (non-hydrogen) atoms. The molecule has 6 heteroatoms. The average molecular weight is 279 g/mol. The fraction of sp³-hybridized carbons (Fsp3) is 0.429. The molecule has 0 radical (unpaired) electrons. The van der Waals surface area contributed by atoms with Crippen LogP contribution in [-0.2, 0) is 4.79 Å². The largest absolute Gasteiger partial charge is 0.508 e. The average Bonchev–Trinajstić information content (AvgIpc) is 2.72. The van der Waals surface area contributed by atoms with E-state index in [-0.39, 0.29) is 17.1 Å². The first-order chi connectivity index (χ1) is 9.34. The summed E-state index contributed by atoms with van der Waals surface area (Å²) in [5.41, 5.74) is -0.968. The Bertz CT molecular complexity index is 556. The number of nitrogens with one attached hydrogen (secondary N) is 1. The highest BCUT2D eigenvalue weighted by Crippen LogP contribution is 2.38. The van der Waals surface area contributed by atoms with Crippen LogP contribution in [-0.4, -0.2) is 33.2 Å². The first kappa shape index (κ1) is 14.2. The molecule has 2 unspecified atom stereocenters. The zero-order chi connectivity index (χ0) is 14.9. The number of carbonyl (C=O) groups is 2. The number of rotatable bonds is 3. The second-order valence-corrected chi connectivity index (χ2v) is 5.34. The number of carboxylic acid groups (broad SMARTS) is 1. The van der Waals surface area contributed by atoms with Gasteiger partial charge in [0.15, 0.2) is 0 Å². The molecule has 1 aliphatic rings. The van der Waals surface area contributed by atoms with Gasteiger partial charge in [-0.2, -0.15) is 0 Å². The first-order valence-electron chi connectivity index (χ1n) is 6.41. The van der Waals surface area contributed by atoms with Crippen LogP contribution < -0.4 is 5.32 Å². The second kappa shape index (κ2) is 5.03. The molecule has 1 saturated carbocycles. The minimum Gasteiger partial charge on any atom is -0.508 e. The summed E-state index contributed by atoms with van der Waals surface area (Å²) < 4.78 is 0. The van der Waals surface area contributed by atoms with Gasteiger partial charge >= 0.3 is 5.97 Å². The van der Waals surface area contributed by atoms with Gasteiger partial charge in [0.25, 0.3) is 5.91 Å². The Morgan fingerprint density at radius 3 is 2.65 bits per heavy atom. The number of carboxylic acids is 1. The number of phenols is 2. The summed E-state index contributed by atoms with van der Waals surface area (Å²) in [6, 6.07) is 3.19. The molecule has 0 saturated heterocycles. The van der Waals surface area contributed by atoms with E-state index in [9.17, 15) is 24.9 Å². The molecular formula is C14H17NO5. The lowest BCUT2D eigenvalue weighted by Gasteiger charge is -2.27. The molecule has 6 nitrogen and oxygen atoms in total. The van der Waals surface area contributed by atoms with Crippen LogP contribution in [0.1, 0.15) is 36.5 Å². The van der Waals surface area contributed by atoms with E-state index in [4.69, 9.17) is 0 Å². The molecule has 4 N–H and O–H groups in total. The summed E-state index contributed by atoms with van der Waals surface area (Å²) in [5.74, 6) is -1.95. The highest BCUT2D eigenvalue weighted by Gasteiger charge is 2.46. The van der Waals surface area contributed by atoms with Gasteiger partial charge in [-0.15, -0.1) is 0 Å². The van der Waals surface area contributed by atoms with Crippen molar-refractivity contribution in [1.82, 2.24) is 5.32 Å². The SMILES string of the molecule is CC1(C(=O)O)CCCC1NC(=O)c1ccc(O)cc1O. The Hall–Kier alpha value is -2.24. The molecule has 1 aliphatic carbocycles. The van der Waals surface area contributed by atoms with Crippen LogP contribution in [0.5, 0.6) is 11.5 Å². The predicted molar refractivity (Wildman–Crippen MR) is 70.6 cm³/mol. The fourth-order valence-corrected chi connectivity index (χ4v) is 2.60. The summed E-state index contributed by atoms with van der Waals surface area (Å²) in [7, 11) is 0. The third kappa shape index (κ3) is 2.41. The van der Waals surface area contributed by atoms with Gasteiger partial charge in [0.05, 0.1) is 11.0 Å². The molecule has 2 atom stereocenters. The Morgan fingerprint density at radius 1 is 1.35 bits per heavy atom. The van der Waals surface area contributed by atoms with Crippen LogP contribution in [0.4, 0.5) is 0 Å². The molecule has 1 amide bonds. The molecule has 108 valence electrons. The Kier molecular flexibility index (Phi) is 3.57.